The topological polar surface area (TPSA) is 49.3 Å². The van der Waals surface area contributed by atoms with Gasteiger partial charge in [-0.25, -0.2) is 4.79 Å². The van der Waals surface area contributed by atoms with Crippen LogP contribution in [0.25, 0.3) is 0 Å². The largest absolute Gasteiger partial charge is 0.480 e. The van der Waals surface area contributed by atoms with Gasteiger partial charge in [0.25, 0.3) is 0 Å². The second-order valence-corrected chi connectivity index (χ2v) is 6.51. The molecule has 114 valence electrons. The van der Waals surface area contributed by atoms with Crippen molar-refractivity contribution in [1.82, 2.24) is 0 Å². The van der Waals surface area contributed by atoms with Crippen molar-refractivity contribution in [2.24, 2.45) is 0 Å². The number of carboxylic acid groups (broad SMARTS) is 1. The van der Waals surface area contributed by atoms with Gasteiger partial charge in [-0.05, 0) is 36.2 Å². The molecule has 2 aromatic rings. The number of rotatable bonds is 2. The fourth-order valence-electron chi connectivity index (χ4n) is 2.85. The molecular formula is C16H12Cl3NO2. The molecule has 6 heteroatoms. The lowest BCUT2D eigenvalue weighted by molar-refractivity contribution is -0.138. The molecular weight excluding hydrogens is 345 g/mol. The van der Waals surface area contributed by atoms with Crippen molar-refractivity contribution in [3.05, 3.63) is 62.6 Å². The first-order chi connectivity index (χ1) is 10.5. The number of carboxylic acids is 1. The zero-order valence-corrected chi connectivity index (χ0v) is 13.6. The third-order valence-corrected chi connectivity index (χ3v) is 4.56. The van der Waals surface area contributed by atoms with E-state index in [2.05, 4.69) is 5.32 Å². The van der Waals surface area contributed by atoms with E-state index in [9.17, 15) is 9.90 Å². The summed E-state index contributed by atoms with van der Waals surface area (Å²) in [6, 6.07) is 10.1. The highest BCUT2D eigenvalue weighted by molar-refractivity contribution is 6.35. The molecule has 22 heavy (non-hydrogen) atoms. The van der Waals surface area contributed by atoms with Crippen LogP contribution < -0.4 is 5.32 Å². The summed E-state index contributed by atoms with van der Waals surface area (Å²) in [5.41, 5.74) is 2.44. The summed E-state index contributed by atoms with van der Waals surface area (Å²) in [4.78, 5) is 11.4. The minimum atomic E-state index is -0.909. The predicted molar refractivity (Wildman–Crippen MR) is 89.4 cm³/mol. The molecule has 2 unspecified atom stereocenters. The van der Waals surface area contributed by atoms with Crippen molar-refractivity contribution in [2.45, 2.75) is 18.4 Å². The summed E-state index contributed by atoms with van der Waals surface area (Å²) in [5, 5.41) is 13.9. The van der Waals surface area contributed by atoms with Crippen molar-refractivity contribution in [1.29, 1.82) is 0 Å². The van der Waals surface area contributed by atoms with Crippen molar-refractivity contribution in [3.8, 4) is 0 Å². The standard InChI is InChI=1S/C16H12Cl3NO2/c17-9-3-1-2-8(4-9)11-7-14(16(21)22)20-13-6-10(18)5-12(19)15(11)13/h1-6,11,14,20H,7H2,(H,21,22). The van der Waals surface area contributed by atoms with Gasteiger partial charge >= 0.3 is 5.97 Å². The second kappa shape index (κ2) is 5.99. The van der Waals surface area contributed by atoms with Gasteiger partial charge in [0.1, 0.15) is 6.04 Å². The van der Waals surface area contributed by atoms with Crippen LogP contribution >= 0.6 is 34.8 Å². The number of aliphatic carboxylic acids is 1. The maximum atomic E-state index is 11.4. The lowest BCUT2D eigenvalue weighted by Crippen LogP contribution is -2.35. The zero-order chi connectivity index (χ0) is 15.9. The molecule has 0 saturated heterocycles. The second-order valence-electron chi connectivity index (χ2n) is 5.23. The van der Waals surface area contributed by atoms with Gasteiger partial charge in [-0.2, -0.15) is 0 Å². The first kappa shape index (κ1) is 15.5. The van der Waals surface area contributed by atoms with E-state index in [1.165, 1.54) is 0 Å². The molecule has 0 aliphatic carbocycles. The molecule has 1 aliphatic rings. The lowest BCUT2D eigenvalue weighted by Gasteiger charge is -2.32. The molecule has 0 aromatic heterocycles. The number of halogens is 3. The van der Waals surface area contributed by atoms with E-state index in [0.717, 1.165) is 11.1 Å². The van der Waals surface area contributed by atoms with Gasteiger partial charge in [0.2, 0.25) is 0 Å². The van der Waals surface area contributed by atoms with Crippen LogP contribution in [-0.2, 0) is 4.79 Å². The van der Waals surface area contributed by atoms with E-state index >= 15 is 0 Å². The molecule has 0 radical (unpaired) electrons. The van der Waals surface area contributed by atoms with Gasteiger partial charge in [-0.15, -0.1) is 0 Å². The maximum Gasteiger partial charge on any atom is 0.326 e. The Kier molecular flexibility index (Phi) is 4.22. The molecule has 2 atom stereocenters. The summed E-state index contributed by atoms with van der Waals surface area (Å²) in [6.45, 7) is 0. The Bertz CT molecular complexity index is 748. The monoisotopic (exact) mass is 355 g/mol. The summed E-state index contributed by atoms with van der Waals surface area (Å²) in [6.07, 6.45) is 0.393. The quantitative estimate of drug-likeness (QED) is 0.792. The van der Waals surface area contributed by atoms with Crippen LogP contribution in [0.3, 0.4) is 0 Å². The summed E-state index contributed by atoms with van der Waals surface area (Å²) >= 11 is 18.5. The van der Waals surface area contributed by atoms with Gasteiger partial charge in [0.05, 0.1) is 0 Å². The Morgan fingerprint density at radius 1 is 1.14 bits per heavy atom. The SMILES string of the molecule is O=C(O)C1CC(c2cccc(Cl)c2)c2c(Cl)cc(Cl)cc2N1. The number of anilines is 1. The minimum absolute atomic E-state index is 0.152. The molecule has 3 nitrogen and oxygen atoms in total. The Morgan fingerprint density at radius 3 is 2.59 bits per heavy atom. The molecule has 0 saturated carbocycles. The molecule has 1 aliphatic heterocycles. The van der Waals surface area contributed by atoms with Gasteiger partial charge in [0, 0.05) is 32.2 Å². The van der Waals surface area contributed by atoms with Crippen LogP contribution in [0.5, 0.6) is 0 Å². The Hall–Kier alpha value is -1.42. The highest BCUT2D eigenvalue weighted by Gasteiger charge is 2.33. The van der Waals surface area contributed by atoms with Crippen LogP contribution in [0, 0.1) is 0 Å². The van der Waals surface area contributed by atoms with Crippen LogP contribution in [-0.4, -0.2) is 17.1 Å². The summed E-state index contributed by atoms with van der Waals surface area (Å²) in [5.74, 6) is -1.06. The third-order valence-electron chi connectivity index (χ3n) is 3.79. The van der Waals surface area contributed by atoms with Gasteiger partial charge in [-0.3, -0.25) is 0 Å². The van der Waals surface area contributed by atoms with Crippen LogP contribution in [0.1, 0.15) is 23.5 Å². The number of carbonyl (C=O) groups is 1. The molecule has 1 heterocycles. The normalized spacial score (nSPS) is 20.1. The Balaban J connectivity index is 2.15. The predicted octanol–water partition coefficient (Wildman–Crippen LogP) is 5.05. The van der Waals surface area contributed by atoms with Crippen molar-refractivity contribution < 1.29 is 9.90 Å². The van der Waals surface area contributed by atoms with Crippen LogP contribution in [0.2, 0.25) is 15.1 Å². The summed E-state index contributed by atoms with van der Waals surface area (Å²) < 4.78 is 0. The number of nitrogens with one attached hydrogen (secondary N) is 1. The van der Waals surface area contributed by atoms with Crippen molar-refractivity contribution in [3.63, 3.8) is 0 Å². The lowest BCUT2D eigenvalue weighted by atomic mass is 9.82. The van der Waals surface area contributed by atoms with Crippen LogP contribution in [0.15, 0.2) is 36.4 Å². The highest BCUT2D eigenvalue weighted by Crippen LogP contribution is 2.44. The van der Waals surface area contributed by atoms with E-state index in [1.54, 1.807) is 18.2 Å². The number of hydrogen-bond donors (Lipinski definition) is 2. The minimum Gasteiger partial charge on any atom is -0.480 e. The van der Waals surface area contributed by atoms with Crippen LogP contribution in [0.4, 0.5) is 5.69 Å². The third kappa shape index (κ3) is 2.89. The average Bonchev–Trinajstić information content (AvgIpc) is 2.45. The van der Waals surface area contributed by atoms with Gasteiger partial charge in [0.15, 0.2) is 0 Å². The van der Waals surface area contributed by atoms with Crippen molar-refractivity contribution in [2.75, 3.05) is 5.32 Å². The molecule has 3 rings (SSSR count). The van der Waals surface area contributed by atoms with E-state index in [-0.39, 0.29) is 5.92 Å². The molecule has 0 spiro atoms. The molecule has 0 amide bonds. The Labute approximate surface area is 142 Å². The van der Waals surface area contributed by atoms with E-state index in [1.807, 2.05) is 18.2 Å². The van der Waals surface area contributed by atoms with E-state index < -0.39 is 12.0 Å². The van der Waals surface area contributed by atoms with Crippen molar-refractivity contribution >= 4 is 46.5 Å². The first-order valence-electron chi connectivity index (χ1n) is 6.69. The summed E-state index contributed by atoms with van der Waals surface area (Å²) in [7, 11) is 0. The number of benzene rings is 2. The number of fused-ring (bicyclic) bond motifs is 1. The molecule has 0 fully saturated rings. The first-order valence-corrected chi connectivity index (χ1v) is 7.83. The van der Waals surface area contributed by atoms with Gasteiger partial charge in [-0.1, -0.05) is 46.9 Å². The Morgan fingerprint density at radius 2 is 1.91 bits per heavy atom. The van der Waals surface area contributed by atoms with E-state index in [4.69, 9.17) is 34.8 Å². The average molecular weight is 357 g/mol. The smallest absolute Gasteiger partial charge is 0.326 e. The van der Waals surface area contributed by atoms with E-state index in [0.29, 0.717) is 27.2 Å². The number of hydrogen-bond acceptors (Lipinski definition) is 2. The molecule has 0 bridgehead atoms. The maximum absolute atomic E-state index is 11.4. The zero-order valence-electron chi connectivity index (χ0n) is 11.3. The fraction of sp³-hybridized carbons (Fsp3) is 0.188. The van der Waals surface area contributed by atoms with Gasteiger partial charge < -0.3 is 10.4 Å². The highest BCUT2D eigenvalue weighted by atomic mass is 35.5. The molecule has 2 aromatic carbocycles. The fourth-order valence-corrected chi connectivity index (χ4v) is 3.67. The molecule has 2 N–H and O–H groups in total.